The lowest BCUT2D eigenvalue weighted by molar-refractivity contribution is -0.116. The predicted octanol–water partition coefficient (Wildman–Crippen LogP) is 2.76. The molecule has 2 aromatic rings. The van der Waals surface area contributed by atoms with Crippen molar-refractivity contribution in [1.82, 2.24) is 10.2 Å². The zero-order valence-electron chi connectivity index (χ0n) is 13.9. The van der Waals surface area contributed by atoms with Gasteiger partial charge in [0.2, 0.25) is 11.8 Å². The average molecular weight is 358 g/mol. The van der Waals surface area contributed by atoms with Crippen LogP contribution < -0.4 is 10.6 Å². The van der Waals surface area contributed by atoms with Crippen molar-refractivity contribution in [2.75, 3.05) is 16.4 Å². The number of nitrogens with one attached hydrogen (secondary N) is 2. The van der Waals surface area contributed by atoms with Crippen molar-refractivity contribution in [3.05, 3.63) is 42.0 Å². The summed E-state index contributed by atoms with van der Waals surface area (Å²) in [7, 11) is 0. The monoisotopic (exact) mass is 358 g/mol. The first-order chi connectivity index (χ1) is 12.0. The Labute approximate surface area is 149 Å². The molecule has 0 spiro atoms. The third kappa shape index (κ3) is 6.00. The molecule has 0 saturated heterocycles. The molecule has 0 aliphatic carbocycles. The summed E-state index contributed by atoms with van der Waals surface area (Å²) in [6, 6.07) is 10.1. The van der Waals surface area contributed by atoms with E-state index in [2.05, 4.69) is 20.8 Å². The molecule has 2 amide bonds. The van der Waals surface area contributed by atoms with Crippen molar-refractivity contribution in [3.63, 3.8) is 0 Å². The summed E-state index contributed by atoms with van der Waals surface area (Å²) in [6.07, 6.45) is 0.364. The highest BCUT2D eigenvalue weighted by Gasteiger charge is 2.07. The normalized spacial score (nSPS) is 10.2. The number of anilines is 2. The third-order valence-corrected chi connectivity index (χ3v) is 4.05. The van der Waals surface area contributed by atoms with Gasteiger partial charge in [-0.25, -0.2) is 0 Å². The molecule has 0 aliphatic rings. The standard InChI is InChI=1S/C17H18N4O3S/c1-3-15(23)19-14-7-8-17(21-20-14)25-10-16(24)18-13-6-4-5-12(9-13)11(2)22/h4-9H,3,10H2,1-2H3,(H,18,24)(H,19,20,23). The van der Waals surface area contributed by atoms with Crippen LogP contribution in [0.3, 0.4) is 0 Å². The molecule has 2 N–H and O–H groups in total. The molecule has 0 bridgehead atoms. The second-order valence-corrected chi connectivity index (χ2v) is 6.13. The van der Waals surface area contributed by atoms with Gasteiger partial charge in [0.25, 0.3) is 0 Å². The average Bonchev–Trinajstić information content (AvgIpc) is 2.61. The van der Waals surface area contributed by atoms with Crippen molar-refractivity contribution in [1.29, 1.82) is 0 Å². The van der Waals surface area contributed by atoms with Crippen LogP contribution >= 0.6 is 11.8 Å². The van der Waals surface area contributed by atoms with E-state index in [0.29, 0.717) is 28.5 Å². The summed E-state index contributed by atoms with van der Waals surface area (Å²) in [6.45, 7) is 3.22. The van der Waals surface area contributed by atoms with Gasteiger partial charge in [-0.15, -0.1) is 10.2 Å². The number of ketones is 1. The second-order valence-electron chi connectivity index (χ2n) is 5.13. The minimum absolute atomic E-state index is 0.0593. The van der Waals surface area contributed by atoms with Gasteiger partial charge in [0.15, 0.2) is 11.6 Å². The molecule has 0 unspecified atom stereocenters. The number of Topliss-reactive ketones (excluding diaryl/α,β-unsaturated/α-hetero) is 1. The van der Waals surface area contributed by atoms with Gasteiger partial charge >= 0.3 is 0 Å². The van der Waals surface area contributed by atoms with Gasteiger partial charge in [-0.3, -0.25) is 14.4 Å². The number of aromatic nitrogens is 2. The highest BCUT2D eigenvalue weighted by atomic mass is 32.2. The van der Waals surface area contributed by atoms with Crippen LogP contribution in [-0.2, 0) is 9.59 Å². The quantitative estimate of drug-likeness (QED) is 0.583. The predicted molar refractivity (Wildman–Crippen MR) is 96.8 cm³/mol. The van der Waals surface area contributed by atoms with Crippen molar-refractivity contribution in [2.45, 2.75) is 25.3 Å². The number of benzene rings is 1. The van der Waals surface area contributed by atoms with Crippen LogP contribution in [0.5, 0.6) is 0 Å². The number of nitrogens with zero attached hydrogens (tertiary/aromatic N) is 2. The fourth-order valence-corrected chi connectivity index (χ4v) is 2.46. The van der Waals surface area contributed by atoms with E-state index in [1.165, 1.54) is 18.7 Å². The Morgan fingerprint density at radius 1 is 1.04 bits per heavy atom. The Bertz CT molecular complexity index is 778. The zero-order valence-corrected chi connectivity index (χ0v) is 14.7. The summed E-state index contributed by atoms with van der Waals surface area (Å²) < 4.78 is 0. The molecule has 25 heavy (non-hydrogen) atoms. The van der Waals surface area contributed by atoms with Gasteiger partial charge in [0.05, 0.1) is 5.75 Å². The maximum Gasteiger partial charge on any atom is 0.234 e. The SMILES string of the molecule is CCC(=O)Nc1ccc(SCC(=O)Nc2cccc(C(C)=O)c2)nn1. The van der Waals surface area contributed by atoms with Gasteiger partial charge in [0, 0.05) is 17.7 Å². The highest BCUT2D eigenvalue weighted by molar-refractivity contribution is 7.99. The van der Waals surface area contributed by atoms with Crippen molar-refractivity contribution < 1.29 is 14.4 Å². The lowest BCUT2D eigenvalue weighted by Gasteiger charge is -2.06. The number of thioether (sulfide) groups is 1. The van der Waals surface area contributed by atoms with Crippen molar-refractivity contribution in [3.8, 4) is 0 Å². The fourth-order valence-electron chi connectivity index (χ4n) is 1.85. The van der Waals surface area contributed by atoms with Crippen molar-refractivity contribution in [2.24, 2.45) is 0 Å². The molecule has 130 valence electrons. The number of carbonyl (C=O) groups is 3. The largest absolute Gasteiger partial charge is 0.325 e. The summed E-state index contributed by atoms with van der Waals surface area (Å²) in [5.41, 5.74) is 1.11. The van der Waals surface area contributed by atoms with Gasteiger partial charge in [-0.2, -0.15) is 0 Å². The number of amides is 2. The molecule has 2 rings (SSSR count). The Balaban J connectivity index is 1.86. The second kappa shape index (κ2) is 8.93. The minimum Gasteiger partial charge on any atom is -0.325 e. The molecule has 0 fully saturated rings. The van der Waals surface area contributed by atoms with E-state index < -0.39 is 0 Å². The van der Waals surface area contributed by atoms with E-state index in [0.717, 1.165) is 0 Å². The molecule has 8 heteroatoms. The molecular formula is C17H18N4O3S. The maximum absolute atomic E-state index is 12.0. The van der Waals surface area contributed by atoms with Crippen LogP contribution in [0.4, 0.5) is 11.5 Å². The zero-order chi connectivity index (χ0) is 18.2. The van der Waals surface area contributed by atoms with Crippen LogP contribution in [0.2, 0.25) is 0 Å². The van der Waals surface area contributed by atoms with Crippen LogP contribution in [0.25, 0.3) is 0 Å². The van der Waals surface area contributed by atoms with Crippen LogP contribution in [0, 0.1) is 0 Å². The van der Waals surface area contributed by atoms with E-state index >= 15 is 0 Å². The molecule has 0 saturated carbocycles. The van der Waals surface area contributed by atoms with E-state index in [-0.39, 0.29) is 23.4 Å². The van der Waals surface area contributed by atoms with Crippen LogP contribution in [-0.4, -0.2) is 33.5 Å². The highest BCUT2D eigenvalue weighted by Crippen LogP contribution is 2.17. The fraction of sp³-hybridized carbons (Fsp3) is 0.235. The van der Waals surface area contributed by atoms with E-state index in [1.807, 2.05) is 0 Å². The molecule has 1 aromatic heterocycles. The molecule has 7 nitrogen and oxygen atoms in total. The first kappa shape index (κ1) is 18.6. The van der Waals surface area contributed by atoms with Crippen molar-refractivity contribution >= 4 is 40.9 Å². The van der Waals surface area contributed by atoms with E-state index in [4.69, 9.17) is 0 Å². The smallest absolute Gasteiger partial charge is 0.234 e. The summed E-state index contributed by atoms with van der Waals surface area (Å²) >= 11 is 1.23. The molecule has 0 aliphatic heterocycles. The van der Waals surface area contributed by atoms with Crippen LogP contribution in [0.15, 0.2) is 41.4 Å². The van der Waals surface area contributed by atoms with Gasteiger partial charge in [0.1, 0.15) is 5.03 Å². The van der Waals surface area contributed by atoms with Crippen LogP contribution in [0.1, 0.15) is 30.6 Å². The minimum atomic E-state index is -0.212. The van der Waals surface area contributed by atoms with E-state index in [1.54, 1.807) is 43.3 Å². The number of rotatable bonds is 7. The first-order valence-corrected chi connectivity index (χ1v) is 8.63. The lowest BCUT2D eigenvalue weighted by atomic mass is 10.1. The number of carbonyl (C=O) groups excluding carboxylic acids is 3. The van der Waals surface area contributed by atoms with E-state index in [9.17, 15) is 14.4 Å². The molecular weight excluding hydrogens is 340 g/mol. The lowest BCUT2D eigenvalue weighted by Crippen LogP contribution is -2.14. The molecule has 1 aromatic carbocycles. The summed E-state index contributed by atoms with van der Waals surface area (Å²) in [5, 5.41) is 13.8. The Morgan fingerprint density at radius 2 is 1.84 bits per heavy atom. The number of hydrogen-bond acceptors (Lipinski definition) is 6. The topological polar surface area (TPSA) is 101 Å². The summed E-state index contributed by atoms with van der Waals surface area (Å²) in [4.78, 5) is 34.6. The molecule has 1 heterocycles. The Hall–Kier alpha value is -2.74. The van der Waals surface area contributed by atoms with Gasteiger partial charge in [-0.05, 0) is 31.2 Å². The molecule has 0 radical (unpaired) electrons. The van der Waals surface area contributed by atoms with Gasteiger partial charge in [-0.1, -0.05) is 30.8 Å². The molecule has 0 atom stereocenters. The third-order valence-electron chi connectivity index (χ3n) is 3.13. The van der Waals surface area contributed by atoms with Gasteiger partial charge < -0.3 is 10.6 Å². The summed E-state index contributed by atoms with van der Waals surface area (Å²) in [5.74, 6) is 0.120. The first-order valence-electron chi connectivity index (χ1n) is 7.65. The maximum atomic E-state index is 12.0. The Morgan fingerprint density at radius 3 is 2.48 bits per heavy atom. The number of hydrogen-bond donors (Lipinski definition) is 2. The Kier molecular flexibility index (Phi) is 6.64.